The summed E-state index contributed by atoms with van der Waals surface area (Å²) in [6, 6.07) is 3.88. The van der Waals surface area contributed by atoms with Crippen LogP contribution in [-0.4, -0.2) is 31.5 Å². The summed E-state index contributed by atoms with van der Waals surface area (Å²) in [7, 11) is 0. The topological polar surface area (TPSA) is 43.1 Å². The van der Waals surface area contributed by atoms with Crippen molar-refractivity contribution in [3.05, 3.63) is 42.7 Å². The molecule has 2 aromatic heterocycles. The van der Waals surface area contributed by atoms with Crippen LogP contribution in [0.4, 0.5) is 0 Å². The second-order valence-corrected chi connectivity index (χ2v) is 5.63. The summed E-state index contributed by atoms with van der Waals surface area (Å²) < 4.78 is 4.19. The molecule has 0 aliphatic carbocycles. The van der Waals surface area contributed by atoms with E-state index in [-0.39, 0.29) is 11.9 Å². The van der Waals surface area contributed by atoms with Crippen LogP contribution in [0.2, 0.25) is 0 Å². The lowest BCUT2D eigenvalue weighted by Crippen LogP contribution is -2.36. The Hall–Kier alpha value is -2.04. The number of amides is 1. The fourth-order valence-corrected chi connectivity index (χ4v) is 3.02. The van der Waals surface area contributed by atoms with Gasteiger partial charge in [-0.1, -0.05) is 13.3 Å². The van der Waals surface area contributed by atoms with E-state index in [0.29, 0.717) is 6.54 Å². The summed E-state index contributed by atoms with van der Waals surface area (Å²) in [5.74, 6) is 0.225. The van der Waals surface area contributed by atoms with E-state index in [0.717, 1.165) is 38.0 Å². The number of nitrogens with zero attached hydrogens (tertiary/aromatic N) is 4. The maximum Gasteiger partial charge on any atom is 0.245 e. The van der Waals surface area contributed by atoms with Gasteiger partial charge < -0.3 is 14.0 Å². The first-order chi connectivity index (χ1) is 10.3. The van der Waals surface area contributed by atoms with Crippen LogP contribution in [0.3, 0.4) is 0 Å². The molecule has 0 saturated heterocycles. The predicted octanol–water partition coefficient (Wildman–Crippen LogP) is 2.46. The zero-order chi connectivity index (χ0) is 14.7. The molecule has 0 unspecified atom stereocenters. The Kier molecular flexibility index (Phi) is 4.08. The molecule has 0 radical (unpaired) electrons. The molecule has 0 fully saturated rings. The van der Waals surface area contributed by atoms with Crippen LogP contribution < -0.4 is 0 Å². The molecule has 2 aromatic rings. The van der Waals surface area contributed by atoms with E-state index in [1.54, 1.807) is 0 Å². The summed E-state index contributed by atoms with van der Waals surface area (Å²) >= 11 is 0. The van der Waals surface area contributed by atoms with E-state index < -0.39 is 0 Å². The van der Waals surface area contributed by atoms with Gasteiger partial charge in [0.25, 0.3) is 0 Å². The molecule has 0 saturated carbocycles. The van der Waals surface area contributed by atoms with Gasteiger partial charge in [0.15, 0.2) is 0 Å². The number of rotatable bonds is 4. The van der Waals surface area contributed by atoms with Crippen LogP contribution in [0.1, 0.15) is 37.9 Å². The van der Waals surface area contributed by atoms with Crippen LogP contribution in [0.25, 0.3) is 0 Å². The summed E-state index contributed by atoms with van der Waals surface area (Å²) in [5, 5.41) is 0. The third-order valence-corrected chi connectivity index (χ3v) is 4.12. The van der Waals surface area contributed by atoms with Crippen molar-refractivity contribution in [2.24, 2.45) is 0 Å². The van der Waals surface area contributed by atoms with Gasteiger partial charge in [0.2, 0.25) is 5.91 Å². The molecule has 112 valence electrons. The number of hydrogen-bond donors (Lipinski definition) is 0. The smallest absolute Gasteiger partial charge is 0.245 e. The molecule has 0 aromatic carbocycles. The molecule has 1 atom stereocenters. The minimum atomic E-state index is -0.0838. The number of hydrogen-bond acceptors (Lipinski definition) is 2. The molecule has 0 spiro atoms. The van der Waals surface area contributed by atoms with Gasteiger partial charge >= 0.3 is 0 Å². The molecular formula is C16H22N4O. The molecule has 1 aliphatic heterocycles. The Morgan fingerprint density at radius 2 is 2.14 bits per heavy atom. The maximum atomic E-state index is 12.9. The highest BCUT2D eigenvalue weighted by Gasteiger charge is 2.26. The first-order valence-corrected chi connectivity index (χ1v) is 7.70. The van der Waals surface area contributed by atoms with E-state index in [1.807, 2.05) is 46.5 Å². The normalized spacial score (nSPS) is 16.3. The number of carbonyl (C=O) groups is 1. The van der Waals surface area contributed by atoms with Crippen molar-refractivity contribution < 1.29 is 4.79 Å². The number of aryl methyl sites for hydroxylation is 1. The molecule has 1 aliphatic rings. The van der Waals surface area contributed by atoms with Gasteiger partial charge in [0.05, 0.1) is 18.6 Å². The molecule has 5 nitrogen and oxygen atoms in total. The van der Waals surface area contributed by atoms with E-state index in [1.165, 1.54) is 0 Å². The Morgan fingerprint density at radius 1 is 1.33 bits per heavy atom. The van der Waals surface area contributed by atoms with Crippen LogP contribution in [0.15, 0.2) is 37.1 Å². The molecule has 21 heavy (non-hydrogen) atoms. The van der Waals surface area contributed by atoms with Crippen LogP contribution in [0, 0.1) is 0 Å². The largest absolute Gasteiger partial charge is 0.342 e. The average molecular weight is 286 g/mol. The van der Waals surface area contributed by atoms with Crippen molar-refractivity contribution in [1.82, 2.24) is 19.0 Å². The van der Waals surface area contributed by atoms with Gasteiger partial charge in [-0.15, -0.1) is 0 Å². The summed E-state index contributed by atoms with van der Waals surface area (Å²) in [5.41, 5.74) is 1.13. The van der Waals surface area contributed by atoms with Crippen molar-refractivity contribution in [3.8, 4) is 0 Å². The predicted molar refractivity (Wildman–Crippen MR) is 80.6 cm³/mol. The first kappa shape index (κ1) is 13.9. The van der Waals surface area contributed by atoms with E-state index in [9.17, 15) is 4.79 Å². The van der Waals surface area contributed by atoms with Crippen molar-refractivity contribution >= 4 is 5.91 Å². The highest BCUT2D eigenvalue weighted by Crippen LogP contribution is 2.21. The third-order valence-electron chi connectivity index (χ3n) is 4.12. The molecule has 3 rings (SSSR count). The van der Waals surface area contributed by atoms with Gasteiger partial charge in [-0.25, -0.2) is 4.98 Å². The average Bonchev–Trinajstić information content (AvgIpc) is 3.12. The first-order valence-electron chi connectivity index (χ1n) is 7.70. The molecular weight excluding hydrogens is 264 g/mol. The maximum absolute atomic E-state index is 12.9. The van der Waals surface area contributed by atoms with Gasteiger partial charge in [0, 0.05) is 31.7 Å². The van der Waals surface area contributed by atoms with E-state index in [2.05, 4.69) is 16.5 Å². The lowest BCUT2D eigenvalue weighted by atomic mass is 10.1. The van der Waals surface area contributed by atoms with Crippen molar-refractivity contribution in [3.63, 3.8) is 0 Å². The standard InChI is InChI=1S/C16H22N4O/c1-2-6-15(18-7-3-4-8-18)16(21)19-9-5-10-20-13-17-11-14(20)12-19/h3-4,7-8,11,13,15H,2,5-6,9-10,12H2,1H3/t15-/m1/s1. The minimum Gasteiger partial charge on any atom is -0.342 e. The third kappa shape index (κ3) is 2.86. The monoisotopic (exact) mass is 286 g/mol. The van der Waals surface area contributed by atoms with Gasteiger partial charge in [-0.05, 0) is 25.0 Å². The van der Waals surface area contributed by atoms with E-state index in [4.69, 9.17) is 0 Å². The van der Waals surface area contributed by atoms with Crippen LogP contribution >= 0.6 is 0 Å². The Bertz CT molecular complexity index is 587. The Morgan fingerprint density at radius 3 is 2.90 bits per heavy atom. The van der Waals surface area contributed by atoms with Crippen molar-refractivity contribution in [2.75, 3.05) is 6.54 Å². The number of aromatic nitrogens is 3. The quantitative estimate of drug-likeness (QED) is 0.866. The van der Waals surface area contributed by atoms with E-state index >= 15 is 0 Å². The zero-order valence-electron chi connectivity index (χ0n) is 12.5. The number of fused-ring (bicyclic) bond motifs is 1. The fraction of sp³-hybridized carbons (Fsp3) is 0.500. The number of imidazole rings is 1. The molecule has 5 heteroatoms. The van der Waals surface area contributed by atoms with Gasteiger partial charge in [-0.2, -0.15) is 0 Å². The Labute approximate surface area is 125 Å². The SMILES string of the molecule is CCC[C@H](C(=O)N1CCCn2cncc2C1)n1cccc1. The van der Waals surface area contributed by atoms with Crippen LogP contribution in [-0.2, 0) is 17.9 Å². The summed E-state index contributed by atoms with van der Waals surface area (Å²) in [6.45, 7) is 4.56. The highest BCUT2D eigenvalue weighted by atomic mass is 16.2. The number of carbonyl (C=O) groups excluding carboxylic acids is 1. The van der Waals surface area contributed by atoms with Gasteiger partial charge in [0.1, 0.15) is 6.04 Å². The molecule has 0 N–H and O–H groups in total. The molecule has 3 heterocycles. The zero-order valence-corrected chi connectivity index (χ0v) is 12.5. The minimum absolute atomic E-state index is 0.0838. The Balaban J connectivity index is 1.79. The summed E-state index contributed by atoms with van der Waals surface area (Å²) in [6.07, 6.45) is 10.6. The van der Waals surface area contributed by atoms with Crippen molar-refractivity contribution in [2.45, 2.75) is 45.3 Å². The second-order valence-electron chi connectivity index (χ2n) is 5.63. The van der Waals surface area contributed by atoms with Gasteiger partial charge in [-0.3, -0.25) is 4.79 Å². The van der Waals surface area contributed by atoms with Crippen molar-refractivity contribution in [1.29, 1.82) is 0 Å². The van der Waals surface area contributed by atoms with Crippen LogP contribution in [0.5, 0.6) is 0 Å². The molecule has 1 amide bonds. The molecule has 0 bridgehead atoms. The fourth-order valence-electron chi connectivity index (χ4n) is 3.02. The second kappa shape index (κ2) is 6.16. The highest BCUT2D eigenvalue weighted by molar-refractivity contribution is 5.80. The lowest BCUT2D eigenvalue weighted by molar-refractivity contribution is -0.135. The lowest BCUT2D eigenvalue weighted by Gasteiger charge is -2.26. The summed E-state index contributed by atoms with van der Waals surface area (Å²) in [4.78, 5) is 19.1.